The number of hydrogen-bond donors (Lipinski definition) is 1. The van der Waals surface area contributed by atoms with Gasteiger partial charge in [0.2, 0.25) is 0 Å². The first-order valence-corrected chi connectivity index (χ1v) is 12.0. The topological polar surface area (TPSA) is 62.1 Å². The van der Waals surface area contributed by atoms with Crippen LogP contribution in [0.1, 0.15) is 11.1 Å². The summed E-state index contributed by atoms with van der Waals surface area (Å²) in [5, 5.41) is 13.2. The summed E-state index contributed by atoms with van der Waals surface area (Å²) >= 11 is 23.9. The number of rotatable bonds is 6. The number of nitriles is 1. The Balaban J connectivity index is 1.80. The van der Waals surface area contributed by atoms with Gasteiger partial charge < -0.3 is 10.1 Å². The molecule has 9 heteroatoms. The zero-order valence-corrected chi connectivity index (χ0v) is 22.1. The minimum absolute atomic E-state index is 0.0894. The van der Waals surface area contributed by atoms with E-state index >= 15 is 0 Å². The van der Waals surface area contributed by atoms with E-state index in [0.717, 1.165) is 9.13 Å². The van der Waals surface area contributed by atoms with Crippen LogP contribution in [0, 0.1) is 14.9 Å². The Kier molecular flexibility index (Phi) is 8.86. The summed E-state index contributed by atoms with van der Waals surface area (Å²) in [6.07, 6.45) is 1.48. The molecule has 0 atom stereocenters. The van der Waals surface area contributed by atoms with E-state index in [4.69, 9.17) is 39.5 Å². The third-order valence-corrected chi connectivity index (χ3v) is 6.80. The van der Waals surface area contributed by atoms with Crippen LogP contribution < -0.4 is 10.1 Å². The summed E-state index contributed by atoms with van der Waals surface area (Å²) in [7, 11) is 0. The molecule has 0 unspecified atom stereocenters. The van der Waals surface area contributed by atoms with Crippen molar-refractivity contribution in [1.82, 2.24) is 0 Å². The molecular formula is C23H13BrCl3IN2O2. The van der Waals surface area contributed by atoms with Crippen molar-refractivity contribution >= 4 is 91.0 Å². The van der Waals surface area contributed by atoms with E-state index in [1.165, 1.54) is 6.08 Å². The molecule has 4 nitrogen and oxygen atoms in total. The van der Waals surface area contributed by atoms with Crippen LogP contribution in [0.2, 0.25) is 15.1 Å². The number of nitrogens with one attached hydrogen (secondary N) is 1. The van der Waals surface area contributed by atoms with E-state index in [2.05, 4.69) is 43.8 Å². The van der Waals surface area contributed by atoms with E-state index in [9.17, 15) is 10.1 Å². The average Bonchev–Trinajstić information content (AvgIpc) is 2.75. The van der Waals surface area contributed by atoms with Gasteiger partial charge in [0.05, 0.1) is 23.8 Å². The van der Waals surface area contributed by atoms with Crippen LogP contribution in [0.15, 0.2) is 64.6 Å². The van der Waals surface area contributed by atoms with Gasteiger partial charge in [0.1, 0.15) is 24.0 Å². The molecule has 0 radical (unpaired) electrons. The monoisotopic (exact) mass is 660 g/mol. The molecule has 0 saturated carbocycles. The first-order chi connectivity index (χ1) is 15.3. The van der Waals surface area contributed by atoms with E-state index in [1.807, 2.05) is 30.3 Å². The number of benzene rings is 3. The van der Waals surface area contributed by atoms with Crippen LogP contribution in [0.4, 0.5) is 5.69 Å². The summed E-state index contributed by atoms with van der Waals surface area (Å²) in [4.78, 5) is 12.6. The van der Waals surface area contributed by atoms with E-state index in [1.54, 1.807) is 30.3 Å². The van der Waals surface area contributed by atoms with Crippen molar-refractivity contribution in [3.63, 3.8) is 0 Å². The van der Waals surface area contributed by atoms with Crippen molar-refractivity contribution in [3.8, 4) is 11.8 Å². The molecule has 0 aliphatic rings. The molecule has 0 aliphatic carbocycles. The summed E-state index contributed by atoms with van der Waals surface area (Å²) in [5.74, 6) is 0.0400. The van der Waals surface area contributed by atoms with Crippen molar-refractivity contribution < 1.29 is 9.53 Å². The smallest absolute Gasteiger partial charge is 0.266 e. The van der Waals surface area contributed by atoms with Crippen molar-refractivity contribution in [1.29, 1.82) is 5.26 Å². The predicted molar refractivity (Wildman–Crippen MR) is 141 cm³/mol. The van der Waals surface area contributed by atoms with Gasteiger partial charge in [0.25, 0.3) is 5.91 Å². The van der Waals surface area contributed by atoms with E-state index < -0.39 is 5.91 Å². The number of amides is 1. The van der Waals surface area contributed by atoms with Crippen LogP contribution in [0.25, 0.3) is 6.08 Å². The van der Waals surface area contributed by atoms with Crippen LogP contribution in [-0.4, -0.2) is 5.91 Å². The van der Waals surface area contributed by atoms with Crippen molar-refractivity contribution in [2.75, 3.05) is 5.32 Å². The molecular weight excluding hydrogens is 649 g/mol. The minimum Gasteiger partial charge on any atom is -0.487 e. The Morgan fingerprint density at radius 2 is 1.84 bits per heavy atom. The molecule has 0 aromatic heterocycles. The Bertz CT molecular complexity index is 1240. The third-order valence-electron chi connectivity index (χ3n) is 4.23. The summed E-state index contributed by atoms with van der Waals surface area (Å²) in [6.45, 7) is 0.301. The zero-order valence-electron chi connectivity index (χ0n) is 16.1. The number of ether oxygens (including phenoxy) is 1. The molecule has 162 valence electrons. The molecule has 1 amide bonds. The zero-order chi connectivity index (χ0) is 23.3. The molecule has 0 fully saturated rings. The second kappa shape index (κ2) is 11.4. The van der Waals surface area contributed by atoms with Crippen LogP contribution in [0.5, 0.6) is 5.75 Å². The molecule has 0 heterocycles. The number of anilines is 1. The van der Waals surface area contributed by atoms with Gasteiger partial charge in [-0.15, -0.1) is 0 Å². The van der Waals surface area contributed by atoms with Crippen LogP contribution in [0.3, 0.4) is 0 Å². The second-order valence-electron chi connectivity index (χ2n) is 6.42. The van der Waals surface area contributed by atoms with Crippen molar-refractivity contribution in [2.45, 2.75) is 6.61 Å². The molecule has 3 rings (SSSR count). The molecule has 0 aliphatic heterocycles. The maximum absolute atomic E-state index is 12.6. The van der Waals surface area contributed by atoms with Gasteiger partial charge >= 0.3 is 0 Å². The first-order valence-electron chi connectivity index (χ1n) is 9.02. The van der Waals surface area contributed by atoms with Gasteiger partial charge in [-0.2, -0.15) is 5.26 Å². The van der Waals surface area contributed by atoms with Gasteiger partial charge in [-0.3, -0.25) is 4.79 Å². The number of carbonyl (C=O) groups excluding carboxylic acids is 1. The SMILES string of the molecule is N#C/C(=C/c1cc(Br)c(OCc2ccccc2Cl)c(I)c1)C(=O)Nc1cccc(Cl)c1Cl. The van der Waals surface area contributed by atoms with Gasteiger partial charge in [-0.1, -0.05) is 59.1 Å². The van der Waals surface area contributed by atoms with Crippen LogP contribution >= 0.6 is 73.3 Å². The molecule has 3 aromatic rings. The normalized spacial score (nSPS) is 11.1. The standard InChI is InChI=1S/C23H13BrCl3IN2O2/c24-16-9-13(10-19(28)22(16)32-12-14-4-1-2-5-17(14)25)8-15(11-29)23(31)30-20-7-3-6-18(26)21(20)27/h1-10H,12H2,(H,30,31)/b15-8-. The molecule has 0 bridgehead atoms. The molecule has 0 spiro atoms. The van der Waals surface area contributed by atoms with Gasteiger partial charge in [-0.25, -0.2) is 0 Å². The highest BCUT2D eigenvalue weighted by Gasteiger charge is 2.15. The van der Waals surface area contributed by atoms with Gasteiger partial charge in [0.15, 0.2) is 0 Å². The molecule has 1 N–H and O–H groups in total. The van der Waals surface area contributed by atoms with Gasteiger partial charge in [-0.05, 0) is 80.5 Å². The average molecular weight is 663 g/mol. The van der Waals surface area contributed by atoms with E-state index in [-0.39, 0.29) is 10.6 Å². The lowest BCUT2D eigenvalue weighted by molar-refractivity contribution is -0.112. The molecule has 3 aromatic carbocycles. The second-order valence-corrected chi connectivity index (χ2v) is 9.63. The lowest BCUT2D eigenvalue weighted by Gasteiger charge is -2.12. The van der Waals surface area contributed by atoms with Gasteiger partial charge in [0, 0.05) is 10.6 Å². The summed E-state index contributed by atoms with van der Waals surface area (Å²) in [5.41, 5.74) is 1.75. The highest BCUT2D eigenvalue weighted by Crippen LogP contribution is 2.34. The van der Waals surface area contributed by atoms with Crippen molar-refractivity contribution in [2.24, 2.45) is 0 Å². The Morgan fingerprint density at radius 1 is 1.12 bits per heavy atom. The Hall–Kier alpha value is -1.76. The summed E-state index contributed by atoms with van der Waals surface area (Å²) in [6, 6.07) is 17.8. The quantitative estimate of drug-likeness (QED) is 0.165. The number of halogens is 5. The lowest BCUT2D eigenvalue weighted by atomic mass is 10.1. The largest absolute Gasteiger partial charge is 0.487 e. The highest BCUT2D eigenvalue weighted by atomic mass is 127. The maximum atomic E-state index is 12.6. The Labute approximate surface area is 222 Å². The first kappa shape index (κ1) is 24.9. The molecule has 32 heavy (non-hydrogen) atoms. The fourth-order valence-corrected chi connectivity index (χ4v) is 4.98. The third kappa shape index (κ3) is 6.18. The maximum Gasteiger partial charge on any atom is 0.266 e. The summed E-state index contributed by atoms with van der Waals surface area (Å²) < 4.78 is 7.42. The minimum atomic E-state index is -0.596. The Morgan fingerprint density at radius 3 is 2.53 bits per heavy atom. The highest BCUT2D eigenvalue weighted by molar-refractivity contribution is 14.1. The fourth-order valence-electron chi connectivity index (χ4n) is 2.67. The van der Waals surface area contributed by atoms with Crippen LogP contribution in [-0.2, 0) is 11.4 Å². The number of hydrogen-bond acceptors (Lipinski definition) is 3. The lowest BCUT2D eigenvalue weighted by Crippen LogP contribution is -2.13. The molecule has 0 saturated heterocycles. The number of carbonyl (C=O) groups is 1. The van der Waals surface area contributed by atoms with E-state index in [0.29, 0.717) is 38.1 Å². The van der Waals surface area contributed by atoms with Crippen molar-refractivity contribution in [3.05, 3.63) is 94.4 Å². The number of nitrogens with zero attached hydrogens (tertiary/aromatic N) is 1. The fraction of sp³-hybridized carbons (Fsp3) is 0.0435. The predicted octanol–water partition coefficient (Wildman–Crippen LogP) is 8.14.